The average molecular weight is 512 g/mol. The molecular weight excluding hydrogens is 474 g/mol. The Kier molecular flexibility index (Phi) is 8.29. The maximum absolute atomic E-state index is 14.7. The summed E-state index contributed by atoms with van der Waals surface area (Å²) in [5, 5.41) is 2.07. The van der Waals surface area contributed by atoms with Crippen LogP contribution in [0.2, 0.25) is 0 Å². The lowest BCUT2D eigenvalue weighted by Gasteiger charge is -2.23. The Morgan fingerprint density at radius 2 is 1.38 bits per heavy atom. The fourth-order valence-electron chi connectivity index (χ4n) is 4.59. The number of methoxy groups -OCH3 is 1. The molecule has 0 N–H and O–H groups in total. The Labute approximate surface area is 224 Å². The molecule has 4 aromatic carbocycles. The van der Waals surface area contributed by atoms with Gasteiger partial charge in [0.25, 0.3) is 0 Å². The highest BCUT2D eigenvalue weighted by atomic mass is 32.2. The molecule has 3 nitrogen and oxygen atoms in total. The maximum Gasteiger partial charge on any atom is 0.119 e. The van der Waals surface area contributed by atoms with E-state index in [-0.39, 0.29) is 11.8 Å². The first-order valence-corrected chi connectivity index (χ1v) is 14.2. The molecule has 4 rings (SSSR count). The van der Waals surface area contributed by atoms with Crippen molar-refractivity contribution in [1.82, 2.24) is 0 Å². The minimum atomic E-state index is -1.39. The van der Waals surface area contributed by atoms with Gasteiger partial charge in [0, 0.05) is 11.8 Å². The van der Waals surface area contributed by atoms with E-state index in [1.165, 1.54) is 16.7 Å². The van der Waals surface area contributed by atoms with Gasteiger partial charge in [-0.1, -0.05) is 90.1 Å². The summed E-state index contributed by atoms with van der Waals surface area (Å²) >= 11 is 0. The van der Waals surface area contributed by atoms with Crippen LogP contribution in [0.3, 0.4) is 0 Å². The topological polar surface area (TPSA) is 38.7 Å². The largest absolute Gasteiger partial charge is 0.497 e. The summed E-state index contributed by atoms with van der Waals surface area (Å²) in [7, 11) is 0.259. The predicted molar refractivity (Wildman–Crippen MR) is 158 cm³/mol. The lowest BCUT2D eigenvalue weighted by atomic mass is 9.89. The van der Waals surface area contributed by atoms with Gasteiger partial charge in [-0.3, -0.25) is 4.99 Å². The first kappa shape index (κ1) is 26.8. The highest BCUT2D eigenvalue weighted by Crippen LogP contribution is 2.38. The van der Waals surface area contributed by atoms with Gasteiger partial charge in [0.05, 0.1) is 33.4 Å². The molecule has 0 heterocycles. The van der Waals surface area contributed by atoms with Crippen LogP contribution in [-0.4, -0.2) is 17.5 Å². The number of aliphatic imine (C=N–C) groups is 1. The van der Waals surface area contributed by atoms with Crippen molar-refractivity contribution in [1.29, 1.82) is 0 Å². The minimum Gasteiger partial charge on any atom is -0.497 e. The van der Waals surface area contributed by atoms with E-state index in [1.54, 1.807) is 7.11 Å². The number of hydrogen-bond acceptors (Lipinski definition) is 3. The smallest absolute Gasteiger partial charge is 0.119 e. The number of benzene rings is 4. The van der Waals surface area contributed by atoms with Crippen LogP contribution in [0.4, 0.5) is 5.69 Å². The third-order valence-electron chi connectivity index (χ3n) is 6.79. The van der Waals surface area contributed by atoms with Gasteiger partial charge in [-0.2, -0.15) is 0 Å². The minimum absolute atomic E-state index is 0.251. The zero-order chi connectivity index (χ0) is 26.7. The summed E-state index contributed by atoms with van der Waals surface area (Å²) in [5.74, 6) is 1.70. The molecule has 4 heteroatoms. The molecule has 0 bridgehead atoms. The molecule has 0 amide bonds. The van der Waals surface area contributed by atoms with Crippen LogP contribution in [0.5, 0.6) is 5.75 Å². The summed E-state index contributed by atoms with van der Waals surface area (Å²) in [4.78, 5) is 6.50. The molecule has 0 aliphatic rings. The number of fused-ring (bicyclic) bond motifs is 1. The summed E-state index contributed by atoms with van der Waals surface area (Å²) in [6.45, 7) is 13.2. The molecule has 4 aromatic rings. The lowest BCUT2D eigenvalue weighted by Crippen LogP contribution is -2.10. The number of ether oxygens (including phenoxy) is 1. The molecule has 1 unspecified atom stereocenters. The number of rotatable bonds is 8. The van der Waals surface area contributed by atoms with E-state index in [0.717, 1.165) is 37.6 Å². The lowest BCUT2D eigenvalue weighted by molar-refractivity contribution is 0.415. The quantitative estimate of drug-likeness (QED) is 0.221. The number of hydrogen-bond donors (Lipinski definition) is 0. The van der Waals surface area contributed by atoms with Gasteiger partial charge in [0.15, 0.2) is 0 Å². The van der Waals surface area contributed by atoms with Crippen LogP contribution in [0.1, 0.15) is 81.5 Å². The van der Waals surface area contributed by atoms with Gasteiger partial charge in [-0.25, -0.2) is 4.21 Å². The molecule has 0 spiro atoms. The van der Waals surface area contributed by atoms with Crippen LogP contribution >= 0.6 is 0 Å². The first-order valence-electron chi connectivity index (χ1n) is 13.0. The molecule has 192 valence electrons. The second-order valence-corrected chi connectivity index (χ2v) is 11.8. The molecule has 0 saturated heterocycles. The van der Waals surface area contributed by atoms with Crippen LogP contribution in [-0.2, 0) is 10.8 Å². The molecule has 0 fully saturated rings. The van der Waals surface area contributed by atoms with E-state index in [0.29, 0.717) is 5.92 Å². The Morgan fingerprint density at radius 1 is 0.757 bits per heavy atom. The zero-order valence-corrected chi connectivity index (χ0v) is 23.7. The first-order chi connectivity index (χ1) is 17.7. The Hall–Kier alpha value is -3.24. The van der Waals surface area contributed by atoms with E-state index in [1.807, 2.05) is 48.7 Å². The molecule has 0 radical (unpaired) electrons. The predicted octanol–water partition coefficient (Wildman–Crippen LogP) is 9.14. The van der Waals surface area contributed by atoms with E-state index in [4.69, 9.17) is 9.73 Å². The van der Waals surface area contributed by atoms with Crippen molar-refractivity contribution < 1.29 is 8.95 Å². The summed E-state index contributed by atoms with van der Waals surface area (Å²) < 4.78 is 20.0. The van der Waals surface area contributed by atoms with E-state index in [2.05, 4.69) is 71.9 Å². The van der Waals surface area contributed by atoms with Crippen molar-refractivity contribution >= 4 is 33.5 Å². The van der Waals surface area contributed by atoms with Gasteiger partial charge in [0.2, 0.25) is 0 Å². The standard InChI is InChI=1S/C33H37NO2S/c1-21(2)26-18-30(22(3)4)33(31(19-26)23(5)6)37(35)32-25(13-12-24-10-8-9-11-29(24)32)20-34-27-14-16-28(36-7)17-15-27/h8-23H,1-7H3. The third-order valence-corrected chi connectivity index (χ3v) is 8.45. The Bertz CT molecular complexity index is 1420. The van der Waals surface area contributed by atoms with Crippen LogP contribution in [0, 0.1) is 0 Å². The number of nitrogens with zero attached hydrogens (tertiary/aromatic N) is 1. The molecular formula is C33H37NO2S. The van der Waals surface area contributed by atoms with Gasteiger partial charge in [-0.15, -0.1) is 0 Å². The van der Waals surface area contributed by atoms with Crippen molar-refractivity contribution in [2.24, 2.45) is 4.99 Å². The summed E-state index contributed by atoms with van der Waals surface area (Å²) in [6, 6.07) is 24.5. The second-order valence-electron chi connectivity index (χ2n) is 10.4. The molecule has 37 heavy (non-hydrogen) atoms. The maximum atomic E-state index is 14.7. The molecule has 1 atom stereocenters. The zero-order valence-electron chi connectivity index (χ0n) is 22.9. The van der Waals surface area contributed by atoms with Crippen LogP contribution in [0.25, 0.3) is 10.8 Å². The Balaban J connectivity index is 1.95. The van der Waals surface area contributed by atoms with E-state index >= 15 is 0 Å². The SMILES string of the molecule is COc1ccc(N=Cc2ccc3ccccc3c2S(=O)c2c(C(C)C)cc(C(C)C)cc2C(C)C)cc1. The molecule has 0 aromatic heterocycles. The van der Waals surface area contributed by atoms with Crippen molar-refractivity contribution in [3.63, 3.8) is 0 Å². The average Bonchev–Trinajstić information content (AvgIpc) is 2.90. The summed E-state index contributed by atoms with van der Waals surface area (Å²) in [6.07, 6.45) is 1.84. The molecule has 0 saturated carbocycles. The van der Waals surface area contributed by atoms with Crippen LogP contribution in [0.15, 0.2) is 87.6 Å². The molecule has 0 aliphatic heterocycles. The second kappa shape index (κ2) is 11.4. The van der Waals surface area contributed by atoms with Crippen molar-refractivity contribution in [3.05, 3.63) is 95.1 Å². The summed E-state index contributed by atoms with van der Waals surface area (Å²) in [5.41, 5.74) is 5.31. The van der Waals surface area contributed by atoms with E-state index < -0.39 is 10.8 Å². The van der Waals surface area contributed by atoms with E-state index in [9.17, 15) is 4.21 Å². The van der Waals surface area contributed by atoms with Crippen molar-refractivity contribution in [2.45, 2.75) is 69.1 Å². The van der Waals surface area contributed by atoms with Gasteiger partial charge >= 0.3 is 0 Å². The third kappa shape index (κ3) is 5.70. The fraction of sp³-hybridized carbons (Fsp3) is 0.303. The Morgan fingerprint density at radius 3 is 1.95 bits per heavy atom. The van der Waals surface area contributed by atoms with Gasteiger partial charge in [-0.05, 0) is 69.5 Å². The van der Waals surface area contributed by atoms with Crippen molar-refractivity contribution in [3.8, 4) is 5.75 Å². The highest BCUT2D eigenvalue weighted by molar-refractivity contribution is 7.85. The normalized spacial score (nSPS) is 12.8. The van der Waals surface area contributed by atoms with Gasteiger partial charge < -0.3 is 4.74 Å². The monoisotopic (exact) mass is 511 g/mol. The van der Waals surface area contributed by atoms with Crippen molar-refractivity contribution in [2.75, 3.05) is 7.11 Å². The molecule has 0 aliphatic carbocycles. The van der Waals surface area contributed by atoms with Crippen LogP contribution < -0.4 is 4.74 Å². The fourth-order valence-corrected chi connectivity index (χ4v) is 6.53. The highest BCUT2D eigenvalue weighted by Gasteiger charge is 2.25. The van der Waals surface area contributed by atoms with Gasteiger partial charge in [0.1, 0.15) is 5.75 Å².